The summed E-state index contributed by atoms with van der Waals surface area (Å²) in [7, 11) is 1.57. The van der Waals surface area contributed by atoms with Crippen molar-refractivity contribution in [2.45, 2.75) is 19.6 Å². The third kappa shape index (κ3) is 6.89. The average Bonchev–Trinajstić information content (AvgIpc) is 3.37. The maximum absolute atomic E-state index is 14.2. The third-order valence-corrected chi connectivity index (χ3v) is 9.72. The van der Waals surface area contributed by atoms with Crippen LogP contribution in [0.25, 0.3) is 6.08 Å². The number of halogens is 2. The van der Waals surface area contributed by atoms with Gasteiger partial charge < -0.3 is 14.8 Å². The molecule has 1 aliphatic heterocycles. The first-order valence-corrected chi connectivity index (χ1v) is 16.9. The van der Waals surface area contributed by atoms with Crippen molar-refractivity contribution >= 4 is 66.6 Å². The molecular weight excluding hydrogens is 764 g/mol. The fourth-order valence-corrected chi connectivity index (χ4v) is 7.78. The first kappa shape index (κ1) is 33.1. The van der Waals surface area contributed by atoms with Crippen LogP contribution in [0.2, 0.25) is 0 Å². The number of fused-ring (bicyclic) bond motifs is 1. The molecule has 1 aliphatic rings. The Morgan fingerprint density at radius 1 is 1.04 bits per heavy atom. The first-order chi connectivity index (χ1) is 23.1. The lowest BCUT2D eigenvalue weighted by Crippen LogP contribution is -2.40. The van der Waals surface area contributed by atoms with Crippen molar-refractivity contribution in [1.82, 2.24) is 4.57 Å². The standard InChI is InChI=1S/C35H26Br2N4O6S/c1-20-30(33(42)39-24-8-4-3-5-9-24)31(23-7-6-10-26(18-23)46-2)40-34(43)29(48-35(40)38-20)17-22-15-27(36)32(28(37)16-22)47-19-21-11-13-25(14-12-21)41(44)45/h3-18,31H,19H2,1-2H3,(H,39,42)/b29-17-/t31-/m1/s1. The molecule has 1 aromatic heterocycles. The van der Waals surface area contributed by atoms with Crippen LogP contribution in [0.15, 0.2) is 121 Å². The molecule has 6 rings (SSSR count). The number of amides is 1. The van der Waals surface area contributed by atoms with Gasteiger partial charge in [0.15, 0.2) is 4.80 Å². The van der Waals surface area contributed by atoms with Crippen LogP contribution in [0.3, 0.4) is 0 Å². The molecular formula is C35H26Br2N4O6S. The molecule has 48 heavy (non-hydrogen) atoms. The molecule has 2 heterocycles. The predicted octanol–water partition coefficient (Wildman–Crippen LogP) is 6.89. The molecule has 0 spiro atoms. The van der Waals surface area contributed by atoms with Crippen molar-refractivity contribution in [1.29, 1.82) is 0 Å². The number of anilines is 1. The van der Waals surface area contributed by atoms with Gasteiger partial charge in [0.2, 0.25) is 0 Å². The molecule has 1 atom stereocenters. The number of non-ortho nitro benzene ring substituents is 1. The van der Waals surface area contributed by atoms with E-state index in [0.717, 1.165) is 11.1 Å². The minimum atomic E-state index is -0.754. The highest BCUT2D eigenvalue weighted by Gasteiger charge is 2.33. The number of thiazole rings is 1. The van der Waals surface area contributed by atoms with E-state index in [4.69, 9.17) is 14.5 Å². The molecule has 13 heteroatoms. The number of carbonyl (C=O) groups is 1. The number of para-hydroxylation sites is 1. The van der Waals surface area contributed by atoms with Crippen molar-refractivity contribution in [3.05, 3.63) is 158 Å². The van der Waals surface area contributed by atoms with Gasteiger partial charge in [-0.25, -0.2) is 4.99 Å². The van der Waals surface area contributed by atoms with E-state index in [1.165, 1.54) is 23.5 Å². The molecule has 0 aliphatic carbocycles. The van der Waals surface area contributed by atoms with Gasteiger partial charge in [-0.2, -0.15) is 0 Å². The molecule has 1 N–H and O–H groups in total. The van der Waals surface area contributed by atoms with Crippen LogP contribution in [-0.2, 0) is 11.4 Å². The topological polar surface area (TPSA) is 125 Å². The van der Waals surface area contributed by atoms with E-state index in [9.17, 15) is 19.7 Å². The SMILES string of the molecule is COc1cccc([C@@H]2C(C(=O)Nc3ccccc3)=C(C)N=c3s/c(=C\c4cc(Br)c(OCc5ccc([N+](=O)[O-])cc5)c(Br)c4)c(=O)n32)c1. The highest BCUT2D eigenvalue weighted by molar-refractivity contribution is 9.11. The predicted molar refractivity (Wildman–Crippen MR) is 191 cm³/mol. The number of hydrogen-bond acceptors (Lipinski definition) is 8. The van der Waals surface area contributed by atoms with Crippen molar-refractivity contribution in [2.24, 2.45) is 4.99 Å². The number of methoxy groups -OCH3 is 1. The number of nitrogens with one attached hydrogen (secondary N) is 1. The Labute approximate surface area is 295 Å². The van der Waals surface area contributed by atoms with Crippen molar-refractivity contribution in [3.8, 4) is 11.5 Å². The normalized spacial score (nSPS) is 14.2. The summed E-state index contributed by atoms with van der Waals surface area (Å²) in [5, 5.41) is 13.9. The molecule has 0 unspecified atom stereocenters. The van der Waals surface area contributed by atoms with Gasteiger partial charge in [0, 0.05) is 17.8 Å². The highest BCUT2D eigenvalue weighted by atomic mass is 79.9. The van der Waals surface area contributed by atoms with Crippen molar-refractivity contribution < 1.29 is 19.2 Å². The minimum absolute atomic E-state index is 0.00685. The summed E-state index contributed by atoms with van der Waals surface area (Å²) < 4.78 is 14.8. The second-order valence-corrected chi connectivity index (χ2v) is 13.4. The van der Waals surface area contributed by atoms with Crippen LogP contribution < -0.4 is 29.7 Å². The summed E-state index contributed by atoms with van der Waals surface area (Å²) in [6.45, 7) is 1.96. The van der Waals surface area contributed by atoms with Crippen LogP contribution in [0.5, 0.6) is 11.5 Å². The van der Waals surface area contributed by atoms with Gasteiger partial charge in [0.25, 0.3) is 17.2 Å². The lowest BCUT2D eigenvalue weighted by molar-refractivity contribution is -0.384. The number of ether oxygens (including phenoxy) is 2. The van der Waals surface area contributed by atoms with Crippen LogP contribution in [0.4, 0.5) is 11.4 Å². The second-order valence-electron chi connectivity index (χ2n) is 10.7. The van der Waals surface area contributed by atoms with E-state index in [1.807, 2.05) is 54.6 Å². The van der Waals surface area contributed by atoms with E-state index in [-0.39, 0.29) is 23.8 Å². The van der Waals surface area contributed by atoms with E-state index >= 15 is 0 Å². The summed E-state index contributed by atoms with van der Waals surface area (Å²) in [4.78, 5) is 43.7. The average molecular weight is 790 g/mol. The quantitative estimate of drug-likeness (QED) is 0.128. The molecule has 10 nitrogen and oxygen atoms in total. The van der Waals surface area contributed by atoms with E-state index < -0.39 is 11.0 Å². The lowest BCUT2D eigenvalue weighted by Gasteiger charge is -2.25. The molecule has 4 aromatic carbocycles. The maximum Gasteiger partial charge on any atom is 0.271 e. The number of allylic oxidation sites excluding steroid dienone is 1. The molecule has 0 bridgehead atoms. The smallest absolute Gasteiger partial charge is 0.271 e. The number of carbonyl (C=O) groups excluding carboxylic acids is 1. The van der Waals surface area contributed by atoms with Gasteiger partial charge >= 0.3 is 0 Å². The molecule has 0 fully saturated rings. The summed E-state index contributed by atoms with van der Waals surface area (Å²) in [5.74, 6) is 0.772. The molecule has 1 amide bonds. The lowest BCUT2D eigenvalue weighted by atomic mass is 9.95. The van der Waals surface area contributed by atoms with Crippen LogP contribution in [0.1, 0.15) is 29.7 Å². The summed E-state index contributed by atoms with van der Waals surface area (Å²) in [6, 6.07) is 25.5. The first-order valence-electron chi connectivity index (χ1n) is 14.5. The summed E-state index contributed by atoms with van der Waals surface area (Å²) in [5.41, 5.74) is 3.38. The van der Waals surface area contributed by atoms with Gasteiger partial charge in [0.1, 0.15) is 18.1 Å². The molecule has 0 saturated carbocycles. The van der Waals surface area contributed by atoms with Gasteiger partial charge in [0.05, 0.1) is 42.8 Å². The Kier molecular flexibility index (Phi) is 9.71. The monoisotopic (exact) mass is 788 g/mol. The Balaban J connectivity index is 1.36. The Morgan fingerprint density at radius 3 is 2.42 bits per heavy atom. The van der Waals surface area contributed by atoms with Gasteiger partial charge in [-0.15, -0.1) is 0 Å². The van der Waals surface area contributed by atoms with E-state index in [2.05, 4.69) is 37.2 Å². The highest BCUT2D eigenvalue weighted by Crippen LogP contribution is 2.36. The number of benzene rings is 4. The zero-order valence-electron chi connectivity index (χ0n) is 25.5. The number of nitro groups is 1. The van der Waals surface area contributed by atoms with Gasteiger partial charge in [-0.3, -0.25) is 24.3 Å². The number of rotatable bonds is 9. The van der Waals surface area contributed by atoms with Crippen LogP contribution >= 0.6 is 43.2 Å². The van der Waals surface area contributed by atoms with Crippen molar-refractivity contribution in [3.63, 3.8) is 0 Å². The minimum Gasteiger partial charge on any atom is -0.497 e. The van der Waals surface area contributed by atoms with Crippen molar-refractivity contribution in [2.75, 3.05) is 12.4 Å². The fourth-order valence-electron chi connectivity index (χ4n) is 5.28. The Morgan fingerprint density at radius 2 is 1.75 bits per heavy atom. The van der Waals surface area contributed by atoms with E-state index in [0.29, 0.717) is 52.3 Å². The van der Waals surface area contributed by atoms with Gasteiger partial charge in [-0.1, -0.05) is 41.7 Å². The molecule has 242 valence electrons. The second kappa shape index (κ2) is 14.1. The van der Waals surface area contributed by atoms with Crippen LogP contribution in [-0.4, -0.2) is 22.5 Å². The molecule has 0 radical (unpaired) electrons. The number of nitrogens with zero attached hydrogens (tertiary/aromatic N) is 3. The summed E-state index contributed by atoms with van der Waals surface area (Å²) >= 11 is 8.39. The maximum atomic E-state index is 14.2. The number of hydrogen-bond donors (Lipinski definition) is 1. The Bertz CT molecular complexity index is 2240. The van der Waals surface area contributed by atoms with E-state index in [1.54, 1.807) is 48.9 Å². The zero-order chi connectivity index (χ0) is 33.9. The molecule has 5 aromatic rings. The fraction of sp³-hybridized carbons (Fsp3) is 0.114. The summed E-state index contributed by atoms with van der Waals surface area (Å²) in [6.07, 6.45) is 1.77. The van der Waals surface area contributed by atoms with Crippen LogP contribution in [0, 0.1) is 10.1 Å². The largest absolute Gasteiger partial charge is 0.497 e. The Hall–Kier alpha value is -4.85. The third-order valence-electron chi connectivity index (χ3n) is 7.56. The zero-order valence-corrected chi connectivity index (χ0v) is 29.5. The molecule has 0 saturated heterocycles. The number of nitro benzene ring substituents is 1. The number of aromatic nitrogens is 1. The van der Waals surface area contributed by atoms with Gasteiger partial charge in [-0.05, 0) is 110 Å².